The standard InChI is InChI=1S/C14H21N/c1-10-3-6-12(7-4-10)14(15)13-8-5-11(2)9-13/h3-4,6-7,11,13-14H,5,8-9,15H2,1-2H3. The zero-order chi connectivity index (χ0) is 10.8. The second-order valence-corrected chi connectivity index (χ2v) is 5.11. The van der Waals surface area contributed by atoms with Gasteiger partial charge in [0.1, 0.15) is 0 Å². The summed E-state index contributed by atoms with van der Waals surface area (Å²) in [5, 5.41) is 0. The molecule has 0 aliphatic heterocycles. The van der Waals surface area contributed by atoms with Gasteiger partial charge in [-0.2, -0.15) is 0 Å². The van der Waals surface area contributed by atoms with E-state index in [9.17, 15) is 0 Å². The summed E-state index contributed by atoms with van der Waals surface area (Å²) in [5.74, 6) is 1.56. The molecule has 1 fully saturated rings. The minimum Gasteiger partial charge on any atom is -0.324 e. The van der Waals surface area contributed by atoms with Crippen LogP contribution in [0, 0.1) is 18.8 Å². The van der Waals surface area contributed by atoms with Gasteiger partial charge < -0.3 is 5.73 Å². The number of hydrogen-bond acceptors (Lipinski definition) is 1. The van der Waals surface area contributed by atoms with E-state index in [0.717, 1.165) is 5.92 Å². The molecule has 1 heteroatoms. The molecule has 1 aromatic carbocycles. The Kier molecular flexibility index (Phi) is 3.11. The third kappa shape index (κ3) is 2.40. The molecular formula is C14H21N. The van der Waals surface area contributed by atoms with Crippen LogP contribution in [0.3, 0.4) is 0 Å². The van der Waals surface area contributed by atoms with Gasteiger partial charge in [-0.05, 0) is 37.2 Å². The third-order valence-corrected chi connectivity index (χ3v) is 3.71. The van der Waals surface area contributed by atoms with Crippen LogP contribution in [-0.4, -0.2) is 0 Å². The lowest BCUT2D eigenvalue weighted by Crippen LogP contribution is -2.19. The highest BCUT2D eigenvalue weighted by molar-refractivity contribution is 5.24. The van der Waals surface area contributed by atoms with Crippen LogP contribution in [0.15, 0.2) is 24.3 Å². The van der Waals surface area contributed by atoms with Crippen molar-refractivity contribution in [2.45, 2.75) is 39.2 Å². The molecule has 0 amide bonds. The van der Waals surface area contributed by atoms with Crippen LogP contribution < -0.4 is 5.73 Å². The Labute approximate surface area is 92.7 Å². The second kappa shape index (κ2) is 4.36. The van der Waals surface area contributed by atoms with Gasteiger partial charge in [0.2, 0.25) is 0 Å². The first kappa shape index (κ1) is 10.7. The normalized spacial score (nSPS) is 27.9. The summed E-state index contributed by atoms with van der Waals surface area (Å²) in [6.07, 6.45) is 3.95. The Morgan fingerprint density at radius 3 is 2.40 bits per heavy atom. The highest BCUT2D eigenvalue weighted by Gasteiger charge is 2.27. The monoisotopic (exact) mass is 203 g/mol. The van der Waals surface area contributed by atoms with Gasteiger partial charge in [-0.1, -0.05) is 43.2 Å². The van der Waals surface area contributed by atoms with Crippen molar-refractivity contribution in [2.75, 3.05) is 0 Å². The van der Waals surface area contributed by atoms with Crippen LogP contribution in [0.4, 0.5) is 0 Å². The lowest BCUT2D eigenvalue weighted by Gasteiger charge is -2.19. The van der Waals surface area contributed by atoms with E-state index in [-0.39, 0.29) is 6.04 Å². The molecule has 1 nitrogen and oxygen atoms in total. The average Bonchev–Trinajstić information content (AvgIpc) is 2.65. The molecule has 1 aliphatic carbocycles. The molecule has 3 unspecified atom stereocenters. The summed E-state index contributed by atoms with van der Waals surface area (Å²) in [4.78, 5) is 0. The molecule has 0 heterocycles. The molecule has 0 spiro atoms. The van der Waals surface area contributed by atoms with Gasteiger partial charge >= 0.3 is 0 Å². The van der Waals surface area contributed by atoms with Crippen LogP contribution in [0.25, 0.3) is 0 Å². The molecule has 82 valence electrons. The summed E-state index contributed by atoms with van der Waals surface area (Å²) >= 11 is 0. The van der Waals surface area contributed by atoms with E-state index < -0.39 is 0 Å². The summed E-state index contributed by atoms with van der Waals surface area (Å²) in [6, 6.07) is 8.93. The molecule has 0 bridgehead atoms. The van der Waals surface area contributed by atoms with Gasteiger partial charge in [0.15, 0.2) is 0 Å². The van der Waals surface area contributed by atoms with Gasteiger partial charge in [0.25, 0.3) is 0 Å². The molecule has 0 aromatic heterocycles. The van der Waals surface area contributed by atoms with E-state index in [1.807, 2.05) is 0 Å². The molecule has 3 atom stereocenters. The van der Waals surface area contributed by atoms with Crippen molar-refractivity contribution in [1.82, 2.24) is 0 Å². The van der Waals surface area contributed by atoms with Crippen LogP contribution >= 0.6 is 0 Å². The smallest absolute Gasteiger partial charge is 0.0323 e. The van der Waals surface area contributed by atoms with E-state index in [1.165, 1.54) is 30.4 Å². The van der Waals surface area contributed by atoms with E-state index in [1.54, 1.807) is 0 Å². The molecule has 15 heavy (non-hydrogen) atoms. The van der Waals surface area contributed by atoms with Crippen LogP contribution in [-0.2, 0) is 0 Å². The zero-order valence-electron chi connectivity index (χ0n) is 9.74. The topological polar surface area (TPSA) is 26.0 Å². The first-order chi connectivity index (χ1) is 7.16. The summed E-state index contributed by atoms with van der Waals surface area (Å²) in [6.45, 7) is 4.45. The molecule has 1 saturated carbocycles. The number of aryl methyl sites for hydroxylation is 1. The van der Waals surface area contributed by atoms with Crippen molar-refractivity contribution in [3.05, 3.63) is 35.4 Å². The Morgan fingerprint density at radius 1 is 1.20 bits per heavy atom. The Morgan fingerprint density at radius 2 is 1.87 bits per heavy atom. The van der Waals surface area contributed by atoms with Gasteiger partial charge in [-0.15, -0.1) is 0 Å². The van der Waals surface area contributed by atoms with Crippen LogP contribution in [0.5, 0.6) is 0 Å². The molecule has 2 rings (SSSR count). The zero-order valence-corrected chi connectivity index (χ0v) is 9.74. The van der Waals surface area contributed by atoms with E-state index in [0.29, 0.717) is 5.92 Å². The molecule has 0 saturated heterocycles. The Hall–Kier alpha value is -0.820. The highest BCUT2D eigenvalue weighted by Crippen LogP contribution is 2.37. The Balaban J connectivity index is 2.07. The van der Waals surface area contributed by atoms with Gasteiger partial charge in [0.05, 0.1) is 0 Å². The first-order valence-electron chi connectivity index (χ1n) is 5.99. The number of rotatable bonds is 2. The van der Waals surface area contributed by atoms with Gasteiger partial charge in [0, 0.05) is 6.04 Å². The fraction of sp³-hybridized carbons (Fsp3) is 0.571. The SMILES string of the molecule is Cc1ccc(C(N)C2CCC(C)C2)cc1. The van der Waals surface area contributed by atoms with Crippen molar-refractivity contribution in [1.29, 1.82) is 0 Å². The van der Waals surface area contributed by atoms with E-state index >= 15 is 0 Å². The predicted octanol–water partition coefficient (Wildman–Crippen LogP) is 3.43. The van der Waals surface area contributed by atoms with Gasteiger partial charge in [-0.25, -0.2) is 0 Å². The lowest BCUT2D eigenvalue weighted by molar-refractivity contribution is 0.429. The maximum absolute atomic E-state index is 6.31. The Bertz CT molecular complexity index is 315. The minimum absolute atomic E-state index is 0.246. The highest BCUT2D eigenvalue weighted by atomic mass is 14.7. The summed E-state index contributed by atoms with van der Waals surface area (Å²) < 4.78 is 0. The molecule has 0 radical (unpaired) electrons. The van der Waals surface area contributed by atoms with Crippen LogP contribution in [0.1, 0.15) is 43.4 Å². The fourth-order valence-electron chi connectivity index (χ4n) is 2.64. The molecule has 1 aromatic rings. The molecule has 1 aliphatic rings. The molecular weight excluding hydrogens is 182 g/mol. The molecule has 2 N–H and O–H groups in total. The van der Waals surface area contributed by atoms with Crippen molar-refractivity contribution in [3.63, 3.8) is 0 Å². The maximum atomic E-state index is 6.31. The average molecular weight is 203 g/mol. The minimum atomic E-state index is 0.246. The number of benzene rings is 1. The number of nitrogens with two attached hydrogens (primary N) is 1. The van der Waals surface area contributed by atoms with E-state index in [4.69, 9.17) is 5.73 Å². The van der Waals surface area contributed by atoms with E-state index in [2.05, 4.69) is 38.1 Å². The third-order valence-electron chi connectivity index (χ3n) is 3.71. The van der Waals surface area contributed by atoms with Crippen molar-refractivity contribution in [2.24, 2.45) is 17.6 Å². The van der Waals surface area contributed by atoms with Crippen molar-refractivity contribution >= 4 is 0 Å². The predicted molar refractivity (Wildman–Crippen MR) is 64.6 cm³/mol. The fourth-order valence-corrected chi connectivity index (χ4v) is 2.64. The lowest BCUT2D eigenvalue weighted by atomic mass is 9.91. The summed E-state index contributed by atoms with van der Waals surface area (Å²) in [7, 11) is 0. The quantitative estimate of drug-likeness (QED) is 0.783. The van der Waals surface area contributed by atoms with Crippen molar-refractivity contribution < 1.29 is 0 Å². The largest absolute Gasteiger partial charge is 0.324 e. The summed E-state index contributed by atoms with van der Waals surface area (Å²) in [5.41, 5.74) is 8.93. The number of hydrogen-bond donors (Lipinski definition) is 1. The maximum Gasteiger partial charge on any atom is 0.0323 e. The second-order valence-electron chi connectivity index (χ2n) is 5.11. The van der Waals surface area contributed by atoms with Crippen molar-refractivity contribution in [3.8, 4) is 0 Å². The first-order valence-corrected chi connectivity index (χ1v) is 5.99. The van der Waals surface area contributed by atoms with Crippen LogP contribution in [0.2, 0.25) is 0 Å². The van der Waals surface area contributed by atoms with Gasteiger partial charge in [-0.3, -0.25) is 0 Å².